The number of hydrogen-bond acceptors (Lipinski definition) is 4. The van der Waals surface area contributed by atoms with E-state index in [4.69, 9.17) is 4.98 Å². The van der Waals surface area contributed by atoms with Gasteiger partial charge in [-0.1, -0.05) is 0 Å². The van der Waals surface area contributed by atoms with Gasteiger partial charge in [0.2, 0.25) is 0 Å². The van der Waals surface area contributed by atoms with Crippen molar-refractivity contribution in [3.63, 3.8) is 0 Å². The molecule has 4 nitrogen and oxygen atoms in total. The zero-order chi connectivity index (χ0) is 15.8. The third-order valence-electron chi connectivity index (χ3n) is 6.04. The highest BCUT2D eigenvalue weighted by Gasteiger charge is 2.35. The molecule has 1 aromatic heterocycles. The van der Waals surface area contributed by atoms with Gasteiger partial charge in [-0.15, -0.1) is 0 Å². The Morgan fingerprint density at radius 2 is 2.04 bits per heavy atom. The summed E-state index contributed by atoms with van der Waals surface area (Å²) in [6.45, 7) is 1.96. The molecule has 1 saturated heterocycles. The first-order valence-corrected chi connectivity index (χ1v) is 9.10. The summed E-state index contributed by atoms with van der Waals surface area (Å²) in [5.41, 5.74) is 3.25. The normalized spacial score (nSPS) is 30.3. The molecule has 3 aliphatic rings. The summed E-state index contributed by atoms with van der Waals surface area (Å²) in [5.74, 6) is 2.22. The average Bonchev–Trinajstić information content (AvgIpc) is 2.60. The van der Waals surface area contributed by atoms with E-state index in [1.165, 1.54) is 24.1 Å². The van der Waals surface area contributed by atoms with Gasteiger partial charge < -0.3 is 10.0 Å². The van der Waals surface area contributed by atoms with Crippen LogP contribution in [0.4, 0.5) is 5.82 Å². The summed E-state index contributed by atoms with van der Waals surface area (Å²) in [5, 5.41) is 19.4. The summed E-state index contributed by atoms with van der Waals surface area (Å²) in [6, 6.07) is 4.47. The number of nitrogens with zero attached hydrogens (tertiary/aromatic N) is 3. The lowest BCUT2D eigenvalue weighted by molar-refractivity contribution is 0.0598. The maximum atomic E-state index is 9.88. The molecule has 4 rings (SSSR count). The second-order valence-electron chi connectivity index (χ2n) is 7.51. The quantitative estimate of drug-likeness (QED) is 0.866. The number of piperidine rings is 1. The molecule has 4 heteroatoms. The Hall–Kier alpha value is -1.60. The molecule has 2 heterocycles. The Kier molecular flexibility index (Phi) is 3.98. The van der Waals surface area contributed by atoms with Crippen molar-refractivity contribution < 1.29 is 5.11 Å². The van der Waals surface area contributed by atoms with Gasteiger partial charge in [0.15, 0.2) is 0 Å². The highest BCUT2D eigenvalue weighted by molar-refractivity contribution is 5.56. The Balaban J connectivity index is 1.59. The minimum Gasteiger partial charge on any atom is -0.393 e. The molecule has 122 valence electrons. The number of anilines is 1. The fourth-order valence-electron chi connectivity index (χ4n) is 4.73. The molecule has 0 aromatic carbocycles. The molecule has 2 fully saturated rings. The van der Waals surface area contributed by atoms with Gasteiger partial charge in [-0.3, -0.25) is 0 Å². The van der Waals surface area contributed by atoms with E-state index in [0.29, 0.717) is 11.8 Å². The first kappa shape index (κ1) is 15.0. The van der Waals surface area contributed by atoms with Gasteiger partial charge >= 0.3 is 0 Å². The second-order valence-corrected chi connectivity index (χ2v) is 7.51. The highest BCUT2D eigenvalue weighted by atomic mass is 16.3. The highest BCUT2D eigenvalue weighted by Crippen LogP contribution is 2.38. The van der Waals surface area contributed by atoms with Crippen LogP contribution in [-0.4, -0.2) is 29.3 Å². The molecule has 23 heavy (non-hydrogen) atoms. The van der Waals surface area contributed by atoms with Crippen molar-refractivity contribution in [2.45, 2.75) is 57.5 Å². The van der Waals surface area contributed by atoms with Gasteiger partial charge in [-0.05, 0) is 74.8 Å². The van der Waals surface area contributed by atoms with Crippen LogP contribution in [0.2, 0.25) is 0 Å². The Morgan fingerprint density at radius 3 is 2.91 bits per heavy atom. The lowest BCUT2D eigenvalue weighted by Crippen LogP contribution is -2.44. The lowest BCUT2D eigenvalue weighted by atomic mass is 9.74. The summed E-state index contributed by atoms with van der Waals surface area (Å²) in [7, 11) is 0. The van der Waals surface area contributed by atoms with E-state index in [0.717, 1.165) is 63.0 Å². The van der Waals surface area contributed by atoms with E-state index in [1.807, 2.05) is 0 Å². The minimum absolute atomic E-state index is 0.0978. The number of rotatable bonds is 1. The first-order chi connectivity index (χ1) is 11.2. The molecular weight excluding hydrogens is 286 g/mol. The Bertz CT molecular complexity index is 636. The number of aryl methyl sites for hydroxylation is 2. The van der Waals surface area contributed by atoms with Crippen LogP contribution in [0.3, 0.4) is 0 Å². The van der Waals surface area contributed by atoms with Crippen molar-refractivity contribution in [2.75, 3.05) is 18.0 Å². The Morgan fingerprint density at radius 1 is 1.17 bits per heavy atom. The average molecular weight is 311 g/mol. The van der Waals surface area contributed by atoms with E-state index in [1.54, 1.807) is 0 Å². The molecule has 1 aliphatic heterocycles. The van der Waals surface area contributed by atoms with Gasteiger partial charge in [0, 0.05) is 18.8 Å². The molecule has 2 aliphatic carbocycles. The van der Waals surface area contributed by atoms with Gasteiger partial charge in [0.1, 0.15) is 11.9 Å². The fourth-order valence-corrected chi connectivity index (χ4v) is 4.73. The van der Waals surface area contributed by atoms with E-state index in [-0.39, 0.29) is 6.10 Å². The van der Waals surface area contributed by atoms with E-state index in [2.05, 4.69) is 17.0 Å². The molecular formula is C19H25N3O. The summed E-state index contributed by atoms with van der Waals surface area (Å²) < 4.78 is 0. The van der Waals surface area contributed by atoms with Gasteiger partial charge in [-0.25, -0.2) is 4.98 Å². The van der Waals surface area contributed by atoms with E-state index in [9.17, 15) is 10.4 Å². The number of aliphatic hydroxyl groups excluding tert-OH is 1. The zero-order valence-corrected chi connectivity index (χ0v) is 13.7. The van der Waals surface area contributed by atoms with Gasteiger partial charge in [0.05, 0.1) is 11.7 Å². The Labute approximate surface area is 138 Å². The third kappa shape index (κ3) is 2.83. The first-order valence-electron chi connectivity index (χ1n) is 9.10. The third-order valence-corrected chi connectivity index (χ3v) is 6.04. The number of pyridine rings is 1. The predicted molar refractivity (Wildman–Crippen MR) is 89.3 cm³/mol. The summed E-state index contributed by atoms with van der Waals surface area (Å²) in [6.07, 6.45) is 8.57. The minimum atomic E-state index is -0.0978. The number of aromatic nitrogens is 1. The maximum Gasteiger partial charge on any atom is 0.146 e. The molecule has 0 spiro atoms. The maximum absolute atomic E-state index is 9.88. The molecule has 1 aromatic rings. The zero-order valence-electron chi connectivity index (χ0n) is 13.7. The monoisotopic (exact) mass is 311 g/mol. The van der Waals surface area contributed by atoms with Crippen LogP contribution in [0.5, 0.6) is 0 Å². The standard InChI is InChI=1S/C19H25N3O/c20-11-16-9-14-3-1-2-4-18(14)21-19(16)22-8-7-13-10-17(23)6-5-15(13)12-22/h9,13,15,17,23H,1-8,10,12H2. The molecule has 3 atom stereocenters. The lowest BCUT2D eigenvalue weighted by Gasteiger charge is -2.43. The molecule has 3 unspecified atom stereocenters. The van der Waals surface area contributed by atoms with Crippen molar-refractivity contribution in [3.05, 3.63) is 22.9 Å². The summed E-state index contributed by atoms with van der Waals surface area (Å²) in [4.78, 5) is 7.25. The van der Waals surface area contributed by atoms with Crippen LogP contribution in [0.25, 0.3) is 0 Å². The second kappa shape index (κ2) is 6.13. The van der Waals surface area contributed by atoms with Crippen molar-refractivity contribution >= 4 is 5.82 Å². The number of aliphatic hydroxyl groups is 1. The van der Waals surface area contributed by atoms with Crippen molar-refractivity contribution in [1.29, 1.82) is 5.26 Å². The number of nitriles is 1. The predicted octanol–water partition coefficient (Wildman–Crippen LogP) is 2.82. The van der Waals surface area contributed by atoms with Crippen LogP contribution in [0.15, 0.2) is 6.07 Å². The van der Waals surface area contributed by atoms with Crippen LogP contribution < -0.4 is 4.90 Å². The molecule has 0 amide bonds. The number of fused-ring (bicyclic) bond motifs is 2. The van der Waals surface area contributed by atoms with Crippen LogP contribution >= 0.6 is 0 Å². The van der Waals surface area contributed by atoms with Crippen molar-refractivity contribution in [1.82, 2.24) is 4.98 Å². The van der Waals surface area contributed by atoms with E-state index >= 15 is 0 Å². The number of hydrogen-bond donors (Lipinski definition) is 1. The van der Waals surface area contributed by atoms with Crippen LogP contribution in [-0.2, 0) is 12.8 Å². The smallest absolute Gasteiger partial charge is 0.146 e. The van der Waals surface area contributed by atoms with Crippen molar-refractivity contribution in [2.24, 2.45) is 11.8 Å². The fraction of sp³-hybridized carbons (Fsp3) is 0.684. The van der Waals surface area contributed by atoms with Gasteiger partial charge in [0.25, 0.3) is 0 Å². The summed E-state index contributed by atoms with van der Waals surface area (Å²) >= 11 is 0. The molecule has 1 saturated carbocycles. The van der Waals surface area contributed by atoms with Crippen LogP contribution in [0, 0.1) is 23.2 Å². The van der Waals surface area contributed by atoms with E-state index < -0.39 is 0 Å². The molecule has 1 N–H and O–H groups in total. The molecule has 0 bridgehead atoms. The molecule has 0 radical (unpaired) electrons. The SMILES string of the molecule is N#Cc1cc2c(nc1N1CCC3CC(O)CCC3C1)CCCC2. The van der Waals surface area contributed by atoms with Crippen molar-refractivity contribution in [3.8, 4) is 6.07 Å². The van der Waals surface area contributed by atoms with Crippen LogP contribution in [0.1, 0.15) is 55.3 Å². The topological polar surface area (TPSA) is 60.2 Å². The largest absolute Gasteiger partial charge is 0.393 e. The van der Waals surface area contributed by atoms with Gasteiger partial charge in [-0.2, -0.15) is 5.26 Å².